The van der Waals surface area contributed by atoms with E-state index in [0.717, 1.165) is 18.2 Å². The summed E-state index contributed by atoms with van der Waals surface area (Å²) in [4.78, 5) is 11.9. The first-order valence-corrected chi connectivity index (χ1v) is 8.17. The summed E-state index contributed by atoms with van der Waals surface area (Å²) in [5, 5.41) is 12.2. The monoisotopic (exact) mass is 435 g/mol. The average molecular weight is 436 g/mol. The number of hydrogen-bond donors (Lipinski definition) is 2. The van der Waals surface area contributed by atoms with E-state index in [-0.39, 0.29) is 24.5 Å². The summed E-state index contributed by atoms with van der Waals surface area (Å²) in [5.74, 6) is -1.26. The summed E-state index contributed by atoms with van der Waals surface area (Å²) in [6, 6.07) is 7.86. The highest BCUT2D eigenvalue weighted by Crippen LogP contribution is 2.31. The zero-order valence-corrected chi connectivity index (χ0v) is 14.8. The van der Waals surface area contributed by atoms with Crippen LogP contribution >= 0.6 is 15.9 Å². The number of nitrogens with one attached hydrogen (secondary N) is 1. The molecule has 0 spiro atoms. The lowest BCUT2D eigenvalue weighted by Crippen LogP contribution is -2.35. The number of alkyl halides is 3. The van der Waals surface area contributed by atoms with E-state index in [1.54, 1.807) is 0 Å². The van der Waals surface area contributed by atoms with E-state index in [2.05, 4.69) is 21.2 Å². The predicted molar refractivity (Wildman–Crippen MR) is 89.4 cm³/mol. The molecule has 26 heavy (non-hydrogen) atoms. The fourth-order valence-electron chi connectivity index (χ4n) is 2.01. The van der Waals surface area contributed by atoms with Crippen molar-refractivity contribution in [1.82, 2.24) is 5.32 Å². The Hall–Kier alpha value is -2.13. The van der Waals surface area contributed by atoms with Crippen LogP contribution in [0.5, 0.6) is 5.75 Å². The maximum atomic E-state index is 13.3. The highest BCUT2D eigenvalue weighted by atomic mass is 79.9. The third-order valence-corrected chi connectivity index (χ3v) is 3.68. The molecule has 4 nitrogen and oxygen atoms in total. The fourth-order valence-corrected chi connectivity index (χ4v) is 2.48. The van der Waals surface area contributed by atoms with E-state index in [0.29, 0.717) is 4.47 Å². The first kappa shape index (κ1) is 20.2. The van der Waals surface area contributed by atoms with Gasteiger partial charge < -0.3 is 15.2 Å². The van der Waals surface area contributed by atoms with Crippen LogP contribution in [-0.2, 0) is 6.18 Å². The Morgan fingerprint density at radius 2 is 1.96 bits per heavy atom. The highest BCUT2D eigenvalue weighted by Gasteiger charge is 2.30. The van der Waals surface area contributed by atoms with Gasteiger partial charge >= 0.3 is 6.18 Å². The number of carbonyl (C=O) groups is 1. The number of aliphatic hydroxyl groups excluding tert-OH is 1. The summed E-state index contributed by atoms with van der Waals surface area (Å²) < 4.78 is 56.6. The van der Waals surface area contributed by atoms with Gasteiger partial charge in [-0.25, -0.2) is 4.39 Å². The van der Waals surface area contributed by atoms with Gasteiger partial charge in [-0.1, -0.05) is 22.0 Å². The Morgan fingerprint density at radius 1 is 1.23 bits per heavy atom. The minimum atomic E-state index is -4.49. The van der Waals surface area contributed by atoms with Crippen LogP contribution in [0.2, 0.25) is 0 Å². The van der Waals surface area contributed by atoms with Crippen molar-refractivity contribution in [2.75, 3.05) is 13.2 Å². The number of hydrogen-bond acceptors (Lipinski definition) is 3. The zero-order valence-electron chi connectivity index (χ0n) is 13.2. The molecule has 0 aromatic heterocycles. The Morgan fingerprint density at radius 3 is 2.62 bits per heavy atom. The maximum absolute atomic E-state index is 13.3. The van der Waals surface area contributed by atoms with Crippen LogP contribution in [0.15, 0.2) is 46.9 Å². The molecule has 1 atom stereocenters. The van der Waals surface area contributed by atoms with E-state index in [4.69, 9.17) is 4.74 Å². The van der Waals surface area contributed by atoms with Crippen LogP contribution in [0.1, 0.15) is 15.9 Å². The average Bonchev–Trinajstić information content (AvgIpc) is 2.56. The van der Waals surface area contributed by atoms with Crippen molar-refractivity contribution >= 4 is 21.8 Å². The molecule has 0 saturated heterocycles. The van der Waals surface area contributed by atoms with E-state index < -0.39 is 29.6 Å². The first-order chi connectivity index (χ1) is 12.1. The van der Waals surface area contributed by atoms with Crippen LogP contribution in [0, 0.1) is 5.82 Å². The second kappa shape index (κ2) is 8.50. The topological polar surface area (TPSA) is 58.6 Å². The first-order valence-electron chi connectivity index (χ1n) is 7.37. The summed E-state index contributed by atoms with van der Waals surface area (Å²) in [6.45, 7) is -0.541. The molecule has 2 N–H and O–H groups in total. The molecule has 2 aromatic carbocycles. The molecule has 0 fully saturated rings. The summed E-state index contributed by atoms with van der Waals surface area (Å²) >= 11 is 3.06. The molecule has 1 unspecified atom stereocenters. The number of aliphatic hydroxyl groups is 1. The van der Waals surface area contributed by atoms with Crippen LogP contribution < -0.4 is 10.1 Å². The predicted octanol–water partition coefficient (Wildman–Crippen LogP) is 3.78. The van der Waals surface area contributed by atoms with Gasteiger partial charge in [0.05, 0.1) is 5.56 Å². The smallest absolute Gasteiger partial charge is 0.416 e. The zero-order chi connectivity index (χ0) is 19.3. The Labute approximate surface area is 154 Å². The molecule has 0 aliphatic heterocycles. The molecular weight excluding hydrogens is 422 g/mol. The Kier molecular flexibility index (Phi) is 6.60. The van der Waals surface area contributed by atoms with Gasteiger partial charge in [0.2, 0.25) is 0 Å². The van der Waals surface area contributed by atoms with Crippen LogP contribution in [0.25, 0.3) is 0 Å². The van der Waals surface area contributed by atoms with Crippen molar-refractivity contribution in [1.29, 1.82) is 0 Å². The van der Waals surface area contributed by atoms with Crippen molar-refractivity contribution in [3.63, 3.8) is 0 Å². The molecule has 0 aliphatic carbocycles. The van der Waals surface area contributed by atoms with Crippen molar-refractivity contribution in [3.05, 3.63) is 63.9 Å². The van der Waals surface area contributed by atoms with Gasteiger partial charge in [-0.05, 0) is 36.4 Å². The lowest BCUT2D eigenvalue weighted by Gasteiger charge is -2.14. The molecule has 0 bridgehead atoms. The summed E-state index contributed by atoms with van der Waals surface area (Å²) in [6.07, 6.45) is -5.66. The van der Waals surface area contributed by atoms with Crippen LogP contribution in [-0.4, -0.2) is 30.3 Å². The molecule has 0 saturated carbocycles. The Bertz CT molecular complexity index is 763. The SMILES string of the molecule is O=C(NCC(O)COc1cccc(C(F)(F)F)c1)c1cc(F)cc(Br)c1. The molecule has 140 valence electrons. The number of rotatable bonds is 6. The second-order valence-corrected chi connectivity index (χ2v) is 6.27. The third kappa shape index (κ3) is 5.99. The lowest BCUT2D eigenvalue weighted by molar-refractivity contribution is -0.137. The largest absolute Gasteiger partial charge is 0.491 e. The van der Waals surface area contributed by atoms with Gasteiger partial charge in [0.15, 0.2) is 0 Å². The molecule has 1 amide bonds. The number of ether oxygens (including phenoxy) is 1. The number of benzene rings is 2. The molecule has 2 rings (SSSR count). The van der Waals surface area contributed by atoms with E-state index in [9.17, 15) is 27.5 Å². The quantitative estimate of drug-likeness (QED) is 0.678. The van der Waals surface area contributed by atoms with Gasteiger partial charge in [0, 0.05) is 16.6 Å². The minimum absolute atomic E-state index is 0.0562. The normalized spacial score (nSPS) is 12.5. The van der Waals surface area contributed by atoms with E-state index in [1.165, 1.54) is 24.3 Å². The van der Waals surface area contributed by atoms with Gasteiger partial charge in [0.1, 0.15) is 24.3 Å². The maximum Gasteiger partial charge on any atom is 0.416 e. The number of carbonyl (C=O) groups excluding carboxylic acids is 1. The van der Waals surface area contributed by atoms with E-state index in [1.807, 2.05) is 0 Å². The van der Waals surface area contributed by atoms with Gasteiger partial charge in [-0.3, -0.25) is 4.79 Å². The second-order valence-electron chi connectivity index (χ2n) is 5.36. The van der Waals surface area contributed by atoms with Crippen molar-refractivity contribution < 1.29 is 32.2 Å². The van der Waals surface area contributed by atoms with Gasteiger partial charge in [-0.2, -0.15) is 13.2 Å². The lowest BCUT2D eigenvalue weighted by atomic mass is 10.2. The Balaban J connectivity index is 1.85. The summed E-state index contributed by atoms with van der Waals surface area (Å²) in [7, 11) is 0. The highest BCUT2D eigenvalue weighted by molar-refractivity contribution is 9.10. The van der Waals surface area contributed by atoms with Crippen LogP contribution in [0.4, 0.5) is 17.6 Å². The third-order valence-electron chi connectivity index (χ3n) is 3.23. The van der Waals surface area contributed by atoms with E-state index >= 15 is 0 Å². The molecule has 0 aliphatic rings. The minimum Gasteiger partial charge on any atom is -0.491 e. The van der Waals surface area contributed by atoms with Crippen LogP contribution in [0.3, 0.4) is 0 Å². The molecular formula is C17H14BrF4NO3. The number of halogens is 5. The standard InChI is InChI=1S/C17H14BrF4NO3/c18-12-4-10(5-13(19)7-12)16(25)23-8-14(24)9-26-15-3-1-2-11(6-15)17(20,21)22/h1-7,14,24H,8-9H2,(H,23,25). The van der Waals surface area contributed by atoms with Crippen molar-refractivity contribution in [2.45, 2.75) is 12.3 Å². The van der Waals surface area contributed by atoms with Crippen molar-refractivity contribution in [3.8, 4) is 5.75 Å². The summed E-state index contributed by atoms with van der Waals surface area (Å²) in [5.41, 5.74) is -0.808. The van der Waals surface area contributed by atoms with Crippen molar-refractivity contribution in [2.24, 2.45) is 0 Å². The van der Waals surface area contributed by atoms with Gasteiger partial charge in [0.25, 0.3) is 5.91 Å². The van der Waals surface area contributed by atoms with Gasteiger partial charge in [-0.15, -0.1) is 0 Å². The molecule has 9 heteroatoms. The fraction of sp³-hybridized carbons (Fsp3) is 0.235. The number of amides is 1. The molecule has 0 radical (unpaired) electrons. The molecule has 2 aromatic rings. The molecule has 0 heterocycles.